The predicted molar refractivity (Wildman–Crippen MR) is 83.3 cm³/mol. The van der Waals surface area contributed by atoms with Gasteiger partial charge in [0.2, 0.25) is 0 Å². The van der Waals surface area contributed by atoms with Crippen LogP contribution in [0.4, 0.5) is 15.8 Å². The van der Waals surface area contributed by atoms with Crippen LogP contribution in [0.5, 0.6) is 0 Å². The molecule has 2 aromatic rings. The van der Waals surface area contributed by atoms with Crippen LogP contribution in [0, 0.1) is 5.82 Å². The van der Waals surface area contributed by atoms with Crippen molar-refractivity contribution in [1.82, 2.24) is 0 Å². The van der Waals surface area contributed by atoms with Crippen molar-refractivity contribution in [3.05, 3.63) is 58.9 Å². The van der Waals surface area contributed by atoms with E-state index in [1.54, 1.807) is 6.07 Å². The van der Waals surface area contributed by atoms with Crippen LogP contribution in [-0.2, 0) is 6.42 Å². The summed E-state index contributed by atoms with van der Waals surface area (Å²) in [5.74, 6) is -0.240. The quantitative estimate of drug-likeness (QED) is 0.897. The third kappa shape index (κ3) is 3.30. The van der Waals surface area contributed by atoms with Gasteiger partial charge in [-0.15, -0.1) is 0 Å². The summed E-state index contributed by atoms with van der Waals surface area (Å²) in [7, 11) is 0. The van der Waals surface area contributed by atoms with Crippen LogP contribution < -0.4 is 10.6 Å². The number of anilines is 2. The average molecular weight is 293 g/mol. The highest BCUT2D eigenvalue weighted by Gasteiger charge is 2.12. The Balaban J connectivity index is 2.46. The number of hydrogen-bond acceptors (Lipinski definition) is 2. The first-order valence-corrected chi connectivity index (χ1v) is 7.05. The van der Waals surface area contributed by atoms with Crippen molar-refractivity contribution in [2.45, 2.75) is 13.3 Å². The molecule has 0 saturated carbocycles. The van der Waals surface area contributed by atoms with E-state index in [0.717, 1.165) is 29.9 Å². The molecule has 0 atom stereocenters. The van der Waals surface area contributed by atoms with Gasteiger partial charge in [-0.2, -0.15) is 0 Å². The van der Waals surface area contributed by atoms with Gasteiger partial charge in [0.05, 0.1) is 0 Å². The molecule has 4 heteroatoms. The van der Waals surface area contributed by atoms with Gasteiger partial charge >= 0.3 is 0 Å². The molecule has 0 amide bonds. The Hall–Kier alpha value is -1.58. The molecule has 2 rings (SSSR count). The predicted octanol–water partition coefficient (Wildman–Crippen LogP) is 4.14. The first kappa shape index (κ1) is 14.8. The average Bonchev–Trinajstić information content (AvgIpc) is 2.42. The van der Waals surface area contributed by atoms with Crippen molar-refractivity contribution in [2.75, 3.05) is 18.0 Å². The summed E-state index contributed by atoms with van der Waals surface area (Å²) in [5.41, 5.74) is 8.59. The Bertz CT molecular complexity index is 586. The van der Waals surface area contributed by atoms with E-state index in [-0.39, 0.29) is 5.82 Å². The standard InChI is InChI=1S/C16H18ClFN2/c1-2-20(15-5-3-4-14(18)11-15)16-7-6-13(17)10-12(16)8-9-19/h3-7,10-11H,2,8-9,19H2,1H3. The van der Waals surface area contributed by atoms with Gasteiger partial charge < -0.3 is 10.6 Å². The van der Waals surface area contributed by atoms with Crippen LogP contribution >= 0.6 is 11.6 Å². The van der Waals surface area contributed by atoms with E-state index in [4.69, 9.17) is 17.3 Å². The van der Waals surface area contributed by atoms with Crippen LogP contribution in [-0.4, -0.2) is 13.1 Å². The lowest BCUT2D eigenvalue weighted by Gasteiger charge is -2.26. The molecule has 0 bridgehead atoms. The highest BCUT2D eigenvalue weighted by atomic mass is 35.5. The SMILES string of the molecule is CCN(c1cccc(F)c1)c1ccc(Cl)cc1CCN. The van der Waals surface area contributed by atoms with E-state index in [9.17, 15) is 4.39 Å². The zero-order chi connectivity index (χ0) is 14.5. The third-order valence-electron chi connectivity index (χ3n) is 3.18. The van der Waals surface area contributed by atoms with Gasteiger partial charge in [0, 0.05) is 22.9 Å². The van der Waals surface area contributed by atoms with E-state index >= 15 is 0 Å². The van der Waals surface area contributed by atoms with E-state index in [2.05, 4.69) is 4.90 Å². The van der Waals surface area contributed by atoms with Gasteiger partial charge in [-0.3, -0.25) is 0 Å². The Morgan fingerprint density at radius 1 is 1.20 bits per heavy atom. The van der Waals surface area contributed by atoms with Crippen LogP contribution in [0.2, 0.25) is 5.02 Å². The molecule has 0 aliphatic carbocycles. The minimum atomic E-state index is -0.240. The highest BCUT2D eigenvalue weighted by Crippen LogP contribution is 2.31. The maximum absolute atomic E-state index is 13.4. The molecule has 2 nitrogen and oxygen atoms in total. The lowest BCUT2D eigenvalue weighted by Crippen LogP contribution is -2.18. The van der Waals surface area contributed by atoms with Crippen LogP contribution in [0.15, 0.2) is 42.5 Å². The minimum Gasteiger partial charge on any atom is -0.341 e. The fraction of sp³-hybridized carbons (Fsp3) is 0.250. The van der Waals surface area contributed by atoms with Gasteiger partial charge in [0.1, 0.15) is 5.82 Å². The first-order chi connectivity index (χ1) is 9.65. The zero-order valence-corrected chi connectivity index (χ0v) is 12.2. The minimum absolute atomic E-state index is 0.240. The summed E-state index contributed by atoms with van der Waals surface area (Å²) < 4.78 is 13.4. The zero-order valence-electron chi connectivity index (χ0n) is 11.4. The molecule has 0 fully saturated rings. The summed E-state index contributed by atoms with van der Waals surface area (Å²) >= 11 is 6.05. The smallest absolute Gasteiger partial charge is 0.125 e. The molecule has 0 aliphatic rings. The van der Waals surface area contributed by atoms with E-state index in [0.29, 0.717) is 11.6 Å². The first-order valence-electron chi connectivity index (χ1n) is 6.67. The maximum atomic E-state index is 13.4. The molecule has 20 heavy (non-hydrogen) atoms. The lowest BCUT2D eigenvalue weighted by atomic mass is 10.1. The van der Waals surface area contributed by atoms with Gasteiger partial charge in [-0.05, 0) is 61.9 Å². The van der Waals surface area contributed by atoms with Crippen molar-refractivity contribution in [3.63, 3.8) is 0 Å². The topological polar surface area (TPSA) is 29.3 Å². The second kappa shape index (κ2) is 6.73. The molecule has 106 valence electrons. The van der Waals surface area contributed by atoms with E-state index < -0.39 is 0 Å². The van der Waals surface area contributed by atoms with Gasteiger partial charge in [-0.1, -0.05) is 17.7 Å². The summed E-state index contributed by atoms with van der Waals surface area (Å²) in [5, 5.41) is 0.687. The summed E-state index contributed by atoms with van der Waals surface area (Å²) in [6.45, 7) is 3.32. The number of nitrogens with two attached hydrogens (primary N) is 1. The number of hydrogen-bond donors (Lipinski definition) is 1. The summed E-state index contributed by atoms with van der Waals surface area (Å²) in [4.78, 5) is 2.06. The van der Waals surface area contributed by atoms with Crippen molar-refractivity contribution in [1.29, 1.82) is 0 Å². The third-order valence-corrected chi connectivity index (χ3v) is 3.42. The number of halogens is 2. The Morgan fingerprint density at radius 2 is 2.00 bits per heavy atom. The Labute approximate surface area is 124 Å². The summed E-state index contributed by atoms with van der Waals surface area (Å²) in [6, 6.07) is 12.3. The number of rotatable bonds is 5. The second-order valence-corrected chi connectivity index (χ2v) is 4.97. The van der Waals surface area contributed by atoms with Gasteiger partial charge in [-0.25, -0.2) is 4.39 Å². The molecule has 0 heterocycles. The second-order valence-electron chi connectivity index (χ2n) is 4.54. The van der Waals surface area contributed by atoms with Crippen molar-refractivity contribution >= 4 is 23.0 Å². The lowest BCUT2D eigenvalue weighted by molar-refractivity contribution is 0.627. The molecule has 0 spiro atoms. The molecular formula is C16H18ClFN2. The largest absolute Gasteiger partial charge is 0.341 e. The van der Waals surface area contributed by atoms with Crippen molar-refractivity contribution in [3.8, 4) is 0 Å². The molecule has 0 radical (unpaired) electrons. The van der Waals surface area contributed by atoms with E-state index in [1.165, 1.54) is 12.1 Å². The van der Waals surface area contributed by atoms with Crippen LogP contribution in [0.1, 0.15) is 12.5 Å². The molecule has 0 saturated heterocycles. The molecule has 0 aromatic heterocycles. The normalized spacial score (nSPS) is 10.6. The highest BCUT2D eigenvalue weighted by molar-refractivity contribution is 6.30. The van der Waals surface area contributed by atoms with Gasteiger partial charge in [0.25, 0.3) is 0 Å². The van der Waals surface area contributed by atoms with Crippen LogP contribution in [0.25, 0.3) is 0 Å². The van der Waals surface area contributed by atoms with Crippen molar-refractivity contribution < 1.29 is 4.39 Å². The number of nitrogens with zero attached hydrogens (tertiary/aromatic N) is 1. The van der Waals surface area contributed by atoms with Gasteiger partial charge in [0.15, 0.2) is 0 Å². The molecule has 0 unspecified atom stereocenters. The molecular weight excluding hydrogens is 275 g/mol. The fourth-order valence-electron chi connectivity index (χ4n) is 2.31. The number of benzene rings is 2. The molecule has 0 aliphatic heterocycles. The maximum Gasteiger partial charge on any atom is 0.125 e. The Kier molecular flexibility index (Phi) is 4.99. The molecule has 2 N–H and O–H groups in total. The van der Waals surface area contributed by atoms with Crippen LogP contribution in [0.3, 0.4) is 0 Å². The molecule has 2 aromatic carbocycles. The monoisotopic (exact) mass is 292 g/mol. The fourth-order valence-corrected chi connectivity index (χ4v) is 2.50. The Morgan fingerprint density at radius 3 is 2.65 bits per heavy atom. The summed E-state index contributed by atoms with van der Waals surface area (Å²) in [6.07, 6.45) is 0.738. The van der Waals surface area contributed by atoms with E-state index in [1.807, 2.05) is 31.2 Å². The van der Waals surface area contributed by atoms with Crippen molar-refractivity contribution in [2.24, 2.45) is 5.73 Å².